The fourth-order valence-electron chi connectivity index (χ4n) is 4.63. The van der Waals surface area contributed by atoms with Gasteiger partial charge >= 0.3 is 5.97 Å². The third-order valence-corrected chi connectivity index (χ3v) is 5.88. The highest BCUT2D eigenvalue weighted by atomic mass is 16.4. The third-order valence-electron chi connectivity index (χ3n) is 5.88. The molecule has 0 aromatic heterocycles. The maximum absolute atomic E-state index is 11.7. The minimum Gasteiger partial charge on any atom is -0.480 e. The first-order valence-corrected chi connectivity index (χ1v) is 8.76. The van der Waals surface area contributed by atoms with Crippen molar-refractivity contribution in [3.8, 4) is 0 Å². The van der Waals surface area contributed by atoms with Crippen molar-refractivity contribution >= 4 is 5.97 Å². The molecule has 1 heterocycles. The number of hydrogen-bond acceptors (Lipinski definition) is 3. The molecular formula is C17H30N2O2. The van der Waals surface area contributed by atoms with Crippen molar-refractivity contribution in [1.29, 1.82) is 0 Å². The van der Waals surface area contributed by atoms with E-state index < -0.39 is 11.5 Å². The van der Waals surface area contributed by atoms with Crippen LogP contribution in [0.5, 0.6) is 0 Å². The Morgan fingerprint density at radius 3 is 2.67 bits per heavy atom. The molecule has 3 rings (SSSR count). The van der Waals surface area contributed by atoms with Gasteiger partial charge in [0, 0.05) is 18.1 Å². The number of carboxylic acids is 1. The zero-order chi connectivity index (χ0) is 15.0. The van der Waals surface area contributed by atoms with Gasteiger partial charge in [-0.2, -0.15) is 0 Å². The summed E-state index contributed by atoms with van der Waals surface area (Å²) < 4.78 is 0. The Hall–Kier alpha value is -0.610. The fraction of sp³-hybridized carbons (Fsp3) is 0.941. The van der Waals surface area contributed by atoms with Gasteiger partial charge in [-0.3, -0.25) is 15.0 Å². The van der Waals surface area contributed by atoms with Gasteiger partial charge in [-0.1, -0.05) is 6.42 Å². The molecule has 0 aromatic rings. The van der Waals surface area contributed by atoms with Crippen LogP contribution >= 0.6 is 0 Å². The van der Waals surface area contributed by atoms with Crippen LogP contribution in [0.2, 0.25) is 0 Å². The van der Waals surface area contributed by atoms with Crippen LogP contribution in [-0.2, 0) is 4.79 Å². The highest BCUT2D eigenvalue weighted by Crippen LogP contribution is 2.38. The standard InChI is InChI=1S/C17H30N2O2/c1-12(11-17(2,16(20)21)18-14-8-9-14)19-10-4-6-13-5-3-7-15(13)19/h12-15,18H,3-11H2,1-2H3,(H,20,21). The first-order valence-electron chi connectivity index (χ1n) is 8.76. The minimum absolute atomic E-state index is 0.350. The SMILES string of the molecule is CC(CC(C)(NC1CC1)C(=O)O)N1CCCC2CCCC21. The number of rotatable bonds is 6. The first kappa shape index (κ1) is 15.3. The largest absolute Gasteiger partial charge is 0.480 e. The molecule has 4 heteroatoms. The number of carbonyl (C=O) groups is 1. The first-order chi connectivity index (χ1) is 9.99. The summed E-state index contributed by atoms with van der Waals surface area (Å²) in [5.74, 6) is 0.176. The number of carboxylic acid groups (broad SMARTS) is 1. The van der Waals surface area contributed by atoms with E-state index in [4.69, 9.17) is 0 Å². The van der Waals surface area contributed by atoms with Crippen LogP contribution in [0, 0.1) is 5.92 Å². The summed E-state index contributed by atoms with van der Waals surface area (Å²) in [6, 6.07) is 1.50. The van der Waals surface area contributed by atoms with Crippen molar-refractivity contribution in [3.05, 3.63) is 0 Å². The van der Waals surface area contributed by atoms with E-state index in [1.165, 1.54) is 32.1 Å². The van der Waals surface area contributed by atoms with E-state index in [-0.39, 0.29) is 0 Å². The number of likely N-dealkylation sites (tertiary alicyclic amines) is 1. The van der Waals surface area contributed by atoms with Gasteiger partial charge in [0.05, 0.1) is 0 Å². The summed E-state index contributed by atoms with van der Waals surface area (Å²) in [5, 5.41) is 13.0. The lowest BCUT2D eigenvalue weighted by atomic mass is 9.87. The summed E-state index contributed by atoms with van der Waals surface area (Å²) >= 11 is 0. The molecule has 4 nitrogen and oxygen atoms in total. The molecule has 1 aliphatic heterocycles. The predicted octanol–water partition coefficient (Wildman–Crippen LogP) is 2.62. The van der Waals surface area contributed by atoms with Gasteiger partial charge in [-0.15, -0.1) is 0 Å². The zero-order valence-electron chi connectivity index (χ0n) is 13.5. The Labute approximate surface area is 128 Å². The zero-order valence-corrected chi connectivity index (χ0v) is 13.5. The fourth-order valence-corrected chi connectivity index (χ4v) is 4.63. The summed E-state index contributed by atoms with van der Waals surface area (Å²) in [7, 11) is 0. The van der Waals surface area contributed by atoms with Crippen molar-refractivity contribution < 1.29 is 9.90 Å². The lowest BCUT2D eigenvalue weighted by Crippen LogP contribution is -2.56. The van der Waals surface area contributed by atoms with Crippen molar-refractivity contribution in [1.82, 2.24) is 10.2 Å². The molecule has 0 aromatic carbocycles. The lowest BCUT2D eigenvalue weighted by molar-refractivity contribution is -0.145. The van der Waals surface area contributed by atoms with Crippen molar-refractivity contribution in [2.75, 3.05) is 6.54 Å². The van der Waals surface area contributed by atoms with Gasteiger partial charge in [0.25, 0.3) is 0 Å². The van der Waals surface area contributed by atoms with Crippen LogP contribution in [0.15, 0.2) is 0 Å². The second kappa shape index (κ2) is 5.88. The third kappa shape index (κ3) is 3.26. The predicted molar refractivity (Wildman–Crippen MR) is 83.3 cm³/mol. The second-order valence-corrected chi connectivity index (χ2v) is 7.75. The average Bonchev–Trinajstić information content (AvgIpc) is 3.10. The van der Waals surface area contributed by atoms with E-state index in [0.717, 1.165) is 25.3 Å². The molecule has 4 atom stereocenters. The molecule has 0 bridgehead atoms. The Bertz CT molecular complexity index is 396. The van der Waals surface area contributed by atoms with E-state index in [1.54, 1.807) is 0 Å². The smallest absolute Gasteiger partial charge is 0.323 e. The monoisotopic (exact) mass is 294 g/mol. The lowest BCUT2D eigenvalue weighted by Gasteiger charge is -2.43. The molecular weight excluding hydrogens is 264 g/mol. The quantitative estimate of drug-likeness (QED) is 0.791. The number of nitrogens with zero attached hydrogens (tertiary/aromatic N) is 1. The number of piperidine rings is 1. The van der Waals surface area contributed by atoms with Gasteiger partial charge in [0.2, 0.25) is 0 Å². The summed E-state index contributed by atoms with van der Waals surface area (Å²) in [6.07, 6.45) is 9.68. The molecule has 3 aliphatic rings. The molecule has 0 spiro atoms. The van der Waals surface area contributed by atoms with Gasteiger partial charge in [-0.25, -0.2) is 0 Å². The summed E-state index contributed by atoms with van der Waals surface area (Å²) in [5.41, 5.74) is -0.772. The number of nitrogens with one attached hydrogen (secondary N) is 1. The topological polar surface area (TPSA) is 52.6 Å². The number of aliphatic carboxylic acids is 1. The molecule has 2 aliphatic carbocycles. The van der Waals surface area contributed by atoms with Gasteiger partial charge < -0.3 is 5.11 Å². The Morgan fingerprint density at radius 1 is 1.29 bits per heavy atom. The van der Waals surface area contributed by atoms with Crippen LogP contribution in [0.4, 0.5) is 0 Å². The highest BCUT2D eigenvalue weighted by molar-refractivity contribution is 5.78. The molecule has 1 saturated heterocycles. The Balaban J connectivity index is 1.65. The highest BCUT2D eigenvalue weighted by Gasteiger charge is 2.43. The maximum atomic E-state index is 11.7. The van der Waals surface area contributed by atoms with Crippen LogP contribution in [-0.4, -0.2) is 46.2 Å². The molecule has 120 valence electrons. The number of fused-ring (bicyclic) bond motifs is 1. The average molecular weight is 294 g/mol. The summed E-state index contributed by atoms with van der Waals surface area (Å²) in [6.45, 7) is 5.26. The van der Waals surface area contributed by atoms with Crippen LogP contribution in [0.3, 0.4) is 0 Å². The Morgan fingerprint density at radius 2 is 2.00 bits per heavy atom. The van der Waals surface area contributed by atoms with Crippen LogP contribution in [0.25, 0.3) is 0 Å². The van der Waals surface area contributed by atoms with E-state index >= 15 is 0 Å². The minimum atomic E-state index is -0.772. The van der Waals surface area contributed by atoms with E-state index in [1.807, 2.05) is 6.92 Å². The maximum Gasteiger partial charge on any atom is 0.323 e. The van der Waals surface area contributed by atoms with Gasteiger partial charge in [0.1, 0.15) is 5.54 Å². The van der Waals surface area contributed by atoms with Crippen LogP contribution in [0.1, 0.15) is 65.2 Å². The molecule has 2 N–H and O–H groups in total. The molecule has 0 radical (unpaired) electrons. The number of hydrogen-bond donors (Lipinski definition) is 2. The molecule has 3 fully saturated rings. The second-order valence-electron chi connectivity index (χ2n) is 7.75. The van der Waals surface area contributed by atoms with Crippen molar-refractivity contribution in [3.63, 3.8) is 0 Å². The van der Waals surface area contributed by atoms with Gasteiger partial charge in [0.15, 0.2) is 0 Å². The molecule has 2 saturated carbocycles. The van der Waals surface area contributed by atoms with Crippen LogP contribution < -0.4 is 5.32 Å². The van der Waals surface area contributed by atoms with Gasteiger partial charge in [-0.05, 0) is 71.3 Å². The van der Waals surface area contributed by atoms with Crippen molar-refractivity contribution in [2.24, 2.45) is 5.92 Å². The van der Waals surface area contributed by atoms with E-state index in [2.05, 4.69) is 17.1 Å². The molecule has 0 amide bonds. The Kier molecular flexibility index (Phi) is 4.28. The normalized spacial score (nSPS) is 34.2. The van der Waals surface area contributed by atoms with E-state index in [0.29, 0.717) is 24.5 Å². The summed E-state index contributed by atoms with van der Waals surface area (Å²) in [4.78, 5) is 14.4. The molecule has 21 heavy (non-hydrogen) atoms. The molecule has 4 unspecified atom stereocenters. The van der Waals surface area contributed by atoms with E-state index in [9.17, 15) is 9.90 Å². The van der Waals surface area contributed by atoms with Crippen molar-refractivity contribution in [2.45, 2.75) is 88.9 Å².